The quantitative estimate of drug-likeness (QED) is 0.281. The van der Waals surface area contributed by atoms with E-state index in [1.165, 1.54) is 0 Å². The Kier molecular flexibility index (Phi) is 3.11. The molecule has 0 aromatic rings. The maximum Gasteiger partial charge on any atom is 0.153 e. The van der Waals surface area contributed by atoms with Crippen molar-refractivity contribution in [3.05, 3.63) is 36.4 Å². The molecule has 0 aliphatic heterocycles. The number of rotatable bonds is 3. The van der Waals surface area contributed by atoms with Gasteiger partial charge in [0, 0.05) is 11.6 Å². The second kappa shape index (κ2) is 3.61. The van der Waals surface area contributed by atoms with Crippen molar-refractivity contribution in [1.29, 1.82) is 0 Å². The molecule has 2 nitrogen and oxygen atoms in total. The van der Waals surface area contributed by atoms with Crippen molar-refractivity contribution >= 4 is 6.29 Å². The summed E-state index contributed by atoms with van der Waals surface area (Å²) in [7, 11) is 0. The summed E-state index contributed by atoms with van der Waals surface area (Å²) in [6.45, 7) is 5.98. The van der Waals surface area contributed by atoms with E-state index in [1.54, 1.807) is 0 Å². The standard InChI is InChI=1S/C7H7FO2/c1-5(4-9)7(10)3-6(2)8/h3-4,10H,1-2H2/b7-3+. The number of halogens is 1. The zero-order valence-corrected chi connectivity index (χ0v) is 5.30. The Bertz CT molecular complexity index is 204. The number of hydrogen-bond acceptors (Lipinski definition) is 2. The Balaban J connectivity index is 4.33. The molecular formula is C7H7FO2. The van der Waals surface area contributed by atoms with Gasteiger partial charge in [-0.25, -0.2) is 4.39 Å². The molecule has 0 radical (unpaired) electrons. The summed E-state index contributed by atoms with van der Waals surface area (Å²) in [5, 5.41) is 8.72. The van der Waals surface area contributed by atoms with Gasteiger partial charge in [-0.2, -0.15) is 0 Å². The van der Waals surface area contributed by atoms with Gasteiger partial charge in [0.2, 0.25) is 0 Å². The van der Waals surface area contributed by atoms with Gasteiger partial charge in [-0.15, -0.1) is 0 Å². The predicted octanol–water partition coefficient (Wildman–Crippen LogP) is 1.67. The second-order valence-electron chi connectivity index (χ2n) is 1.62. The van der Waals surface area contributed by atoms with Gasteiger partial charge in [-0.05, 0) is 0 Å². The molecule has 54 valence electrons. The van der Waals surface area contributed by atoms with Crippen molar-refractivity contribution in [2.75, 3.05) is 0 Å². The lowest BCUT2D eigenvalue weighted by molar-refractivity contribution is -0.104. The van der Waals surface area contributed by atoms with Crippen LogP contribution in [0, 0.1) is 0 Å². The molecule has 0 aromatic heterocycles. The van der Waals surface area contributed by atoms with Gasteiger partial charge in [-0.3, -0.25) is 4.79 Å². The molecular weight excluding hydrogens is 135 g/mol. The van der Waals surface area contributed by atoms with Gasteiger partial charge in [0.1, 0.15) is 11.6 Å². The van der Waals surface area contributed by atoms with Gasteiger partial charge in [0.15, 0.2) is 6.29 Å². The highest BCUT2D eigenvalue weighted by Gasteiger charge is 1.97. The van der Waals surface area contributed by atoms with Crippen LogP contribution in [0.5, 0.6) is 0 Å². The SMILES string of the molecule is C=C(F)/C=C(/O)C(=C)C=O. The average molecular weight is 142 g/mol. The third-order valence-corrected chi connectivity index (χ3v) is 0.765. The molecule has 10 heavy (non-hydrogen) atoms. The maximum atomic E-state index is 11.9. The Hall–Kier alpha value is -1.38. The summed E-state index contributed by atoms with van der Waals surface area (Å²) in [5.41, 5.74) is -0.168. The van der Waals surface area contributed by atoms with Crippen LogP contribution in [0.15, 0.2) is 36.4 Å². The second-order valence-corrected chi connectivity index (χ2v) is 1.62. The minimum absolute atomic E-state index is 0.168. The summed E-state index contributed by atoms with van der Waals surface area (Å²) in [4.78, 5) is 9.88. The molecule has 0 unspecified atom stereocenters. The van der Waals surface area contributed by atoms with E-state index in [0.717, 1.165) is 6.08 Å². The molecule has 1 N–H and O–H groups in total. The summed E-state index contributed by atoms with van der Waals surface area (Å²) < 4.78 is 11.9. The van der Waals surface area contributed by atoms with Crippen LogP contribution in [0.1, 0.15) is 0 Å². The minimum Gasteiger partial charge on any atom is -0.507 e. The fraction of sp³-hybridized carbons (Fsp3) is 0. The number of hydrogen-bond donors (Lipinski definition) is 1. The molecule has 0 saturated carbocycles. The Morgan fingerprint density at radius 1 is 1.50 bits per heavy atom. The van der Waals surface area contributed by atoms with Crippen LogP contribution in [0.4, 0.5) is 4.39 Å². The molecule has 0 saturated heterocycles. The van der Waals surface area contributed by atoms with Crippen LogP contribution in [0.3, 0.4) is 0 Å². The van der Waals surface area contributed by atoms with Gasteiger partial charge < -0.3 is 5.11 Å². The van der Waals surface area contributed by atoms with Crippen LogP contribution in [-0.4, -0.2) is 11.4 Å². The van der Waals surface area contributed by atoms with E-state index >= 15 is 0 Å². The van der Waals surface area contributed by atoms with E-state index in [0.29, 0.717) is 6.29 Å². The number of carbonyl (C=O) groups is 1. The Labute approximate surface area is 58.0 Å². The zero-order valence-electron chi connectivity index (χ0n) is 5.30. The number of carbonyl (C=O) groups excluding carboxylic acids is 1. The van der Waals surface area contributed by atoms with Gasteiger partial charge in [-0.1, -0.05) is 13.2 Å². The normalized spacial score (nSPS) is 10.7. The first kappa shape index (κ1) is 8.62. The van der Waals surface area contributed by atoms with Crippen molar-refractivity contribution in [3.8, 4) is 0 Å². The highest BCUT2D eigenvalue weighted by molar-refractivity contribution is 5.77. The van der Waals surface area contributed by atoms with E-state index in [-0.39, 0.29) is 5.57 Å². The largest absolute Gasteiger partial charge is 0.507 e. The lowest BCUT2D eigenvalue weighted by atomic mass is 10.2. The van der Waals surface area contributed by atoms with Crippen molar-refractivity contribution < 1.29 is 14.3 Å². The average Bonchev–Trinajstić information content (AvgIpc) is 1.85. The fourth-order valence-electron chi connectivity index (χ4n) is 0.301. The van der Waals surface area contributed by atoms with Gasteiger partial charge in [0.05, 0.1) is 0 Å². The number of aliphatic hydroxyl groups is 1. The molecule has 0 rings (SSSR count). The summed E-state index contributed by atoms with van der Waals surface area (Å²) >= 11 is 0. The zero-order chi connectivity index (χ0) is 8.15. The lowest BCUT2D eigenvalue weighted by Crippen LogP contribution is -1.87. The first-order valence-corrected chi connectivity index (χ1v) is 2.47. The molecule has 0 atom stereocenters. The van der Waals surface area contributed by atoms with Crippen molar-refractivity contribution in [2.24, 2.45) is 0 Å². The Morgan fingerprint density at radius 2 is 2.00 bits per heavy atom. The highest BCUT2D eigenvalue weighted by atomic mass is 19.1. The number of aldehydes is 1. The molecule has 0 bridgehead atoms. The van der Waals surface area contributed by atoms with Gasteiger partial charge >= 0.3 is 0 Å². The fourth-order valence-corrected chi connectivity index (χ4v) is 0.301. The van der Waals surface area contributed by atoms with Crippen LogP contribution >= 0.6 is 0 Å². The lowest BCUT2D eigenvalue weighted by Gasteiger charge is -1.92. The van der Waals surface area contributed by atoms with Crippen molar-refractivity contribution in [2.45, 2.75) is 0 Å². The summed E-state index contributed by atoms with van der Waals surface area (Å²) in [6, 6.07) is 0. The first-order valence-electron chi connectivity index (χ1n) is 2.47. The molecule has 3 heteroatoms. The van der Waals surface area contributed by atoms with E-state index in [1.807, 2.05) is 0 Å². The monoisotopic (exact) mass is 142 g/mol. The summed E-state index contributed by atoms with van der Waals surface area (Å²) in [6.07, 6.45) is 1.05. The highest BCUT2D eigenvalue weighted by Crippen LogP contribution is 2.04. The molecule has 0 aliphatic rings. The molecule has 0 aromatic carbocycles. The van der Waals surface area contributed by atoms with Crippen LogP contribution in [-0.2, 0) is 4.79 Å². The van der Waals surface area contributed by atoms with Gasteiger partial charge in [0.25, 0.3) is 0 Å². The number of allylic oxidation sites excluding steroid dienone is 3. The van der Waals surface area contributed by atoms with E-state index in [4.69, 9.17) is 5.11 Å². The third kappa shape index (κ3) is 2.81. The van der Waals surface area contributed by atoms with Crippen LogP contribution in [0.25, 0.3) is 0 Å². The van der Waals surface area contributed by atoms with E-state index in [2.05, 4.69) is 13.2 Å². The topological polar surface area (TPSA) is 37.3 Å². The molecule has 0 spiro atoms. The molecule has 0 fully saturated rings. The minimum atomic E-state index is -0.819. The van der Waals surface area contributed by atoms with Crippen LogP contribution in [0.2, 0.25) is 0 Å². The smallest absolute Gasteiger partial charge is 0.153 e. The molecule has 0 aliphatic carbocycles. The van der Waals surface area contributed by atoms with Crippen molar-refractivity contribution in [3.63, 3.8) is 0 Å². The van der Waals surface area contributed by atoms with Crippen LogP contribution < -0.4 is 0 Å². The number of aliphatic hydroxyl groups excluding tert-OH is 1. The Morgan fingerprint density at radius 3 is 2.30 bits per heavy atom. The van der Waals surface area contributed by atoms with E-state index in [9.17, 15) is 9.18 Å². The summed E-state index contributed by atoms with van der Waals surface area (Å²) in [5.74, 6) is -1.32. The molecule has 0 heterocycles. The predicted molar refractivity (Wildman–Crippen MR) is 36.2 cm³/mol. The third-order valence-electron chi connectivity index (χ3n) is 0.765. The van der Waals surface area contributed by atoms with E-state index < -0.39 is 11.6 Å². The van der Waals surface area contributed by atoms with Crippen molar-refractivity contribution in [1.82, 2.24) is 0 Å². The maximum absolute atomic E-state index is 11.9. The first-order chi connectivity index (χ1) is 4.57. The molecule has 0 amide bonds.